The summed E-state index contributed by atoms with van der Waals surface area (Å²) in [7, 11) is 1.68. The lowest BCUT2D eigenvalue weighted by Crippen LogP contribution is -2.38. The van der Waals surface area contributed by atoms with Crippen LogP contribution in [-0.4, -0.2) is 49.2 Å². The summed E-state index contributed by atoms with van der Waals surface area (Å²) >= 11 is 1.70. The molecule has 4 aromatic rings. The fourth-order valence-corrected chi connectivity index (χ4v) is 6.79. The third kappa shape index (κ3) is 8.96. The van der Waals surface area contributed by atoms with Crippen molar-refractivity contribution in [2.45, 2.75) is 50.4 Å². The highest BCUT2D eigenvalue weighted by molar-refractivity contribution is 7.99. The summed E-state index contributed by atoms with van der Waals surface area (Å²) in [5, 5.41) is 14.9. The van der Waals surface area contributed by atoms with E-state index in [4.69, 9.17) is 18.9 Å². The zero-order valence-electron chi connectivity index (χ0n) is 27.4. The molecule has 252 valence electrons. The van der Waals surface area contributed by atoms with Crippen LogP contribution in [0.3, 0.4) is 0 Å². The van der Waals surface area contributed by atoms with Crippen LogP contribution in [0.5, 0.6) is 5.75 Å². The molecule has 3 N–H and O–H groups in total. The molecule has 0 bridgehead atoms. The molecule has 1 heterocycles. The van der Waals surface area contributed by atoms with Crippen LogP contribution >= 0.6 is 11.8 Å². The summed E-state index contributed by atoms with van der Waals surface area (Å²) in [5.41, 5.74) is 5.65. The molecule has 0 aromatic heterocycles. The Kier molecular flexibility index (Phi) is 12.5. The molecular formula is C38H42N2O7S. The monoisotopic (exact) mass is 670 g/mol. The van der Waals surface area contributed by atoms with E-state index in [0.717, 1.165) is 44.0 Å². The number of thioether (sulfide) groups is 1. The highest BCUT2D eigenvalue weighted by Crippen LogP contribution is 2.44. The number of aliphatic hydroxyl groups excluding tert-OH is 1. The Hall–Kier alpha value is -4.35. The first kappa shape index (κ1) is 35.0. The minimum atomic E-state index is -0.596. The van der Waals surface area contributed by atoms with Gasteiger partial charge in [0.2, 0.25) is 0 Å². The summed E-state index contributed by atoms with van der Waals surface area (Å²) < 4.78 is 23.7. The van der Waals surface area contributed by atoms with Gasteiger partial charge in [0.05, 0.1) is 32.5 Å². The molecule has 10 heteroatoms. The highest BCUT2D eigenvalue weighted by atomic mass is 32.2. The molecule has 9 nitrogen and oxygen atoms in total. The molecule has 0 radical (unpaired) electrons. The van der Waals surface area contributed by atoms with Crippen LogP contribution in [0.1, 0.15) is 48.5 Å². The topological polar surface area (TPSA) is 115 Å². The van der Waals surface area contributed by atoms with Gasteiger partial charge in [-0.2, -0.15) is 0 Å². The maximum Gasteiger partial charge on any atom is 0.325 e. The smallest absolute Gasteiger partial charge is 0.325 e. The second kappa shape index (κ2) is 17.2. The molecule has 48 heavy (non-hydrogen) atoms. The van der Waals surface area contributed by atoms with Gasteiger partial charge in [-0.3, -0.25) is 4.79 Å². The molecule has 0 spiro atoms. The largest absolute Gasteiger partial charge is 0.496 e. The zero-order valence-corrected chi connectivity index (χ0v) is 28.2. The molecular weight excluding hydrogens is 628 g/mol. The van der Waals surface area contributed by atoms with Crippen LogP contribution in [0, 0.1) is 5.92 Å². The predicted octanol–water partition coefficient (Wildman–Crippen LogP) is 6.80. The number of nitrogens with one attached hydrogen (secondary N) is 2. The molecule has 4 atom stereocenters. The molecule has 0 saturated carbocycles. The average molecular weight is 671 g/mol. The Morgan fingerprint density at radius 1 is 0.875 bits per heavy atom. The van der Waals surface area contributed by atoms with E-state index in [9.17, 15) is 14.7 Å². The SMILES string of the molecule is CCOC(=O)CNC(=O)NCc1ccccc1-c1ccc([C@@H]2O[C@H](CSc3ccccc3OC)[C@H](C)[C@H](c3ccc(CO)cc3)O2)cc1. The number of carbonyl (C=O) groups excluding carboxylic acids is 2. The molecule has 1 aliphatic rings. The minimum Gasteiger partial charge on any atom is -0.496 e. The number of hydrogen-bond acceptors (Lipinski definition) is 8. The lowest BCUT2D eigenvalue weighted by molar-refractivity contribution is -0.268. The van der Waals surface area contributed by atoms with Crippen LogP contribution in [0.25, 0.3) is 11.1 Å². The number of esters is 1. The molecule has 1 aliphatic heterocycles. The van der Waals surface area contributed by atoms with Crippen LogP contribution in [0.2, 0.25) is 0 Å². The second-order valence-electron chi connectivity index (χ2n) is 11.4. The molecule has 1 fully saturated rings. The van der Waals surface area contributed by atoms with E-state index >= 15 is 0 Å². The number of hydrogen-bond donors (Lipinski definition) is 3. The average Bonchev–Trinajstić information content (AvgIpc) is 3.13. The van der Waals surface area contributed by atoms with E-state index < -0.39 is 18.3 Å². The van der Waals surface area contributed by atoms with Gasteiger partial charge >= 0.3 is 12.0 Å². The summed E-state index contributed by atoms with van der Waals surface area (Å²) in [4.78, 5) is 24.9. The van der Waals surface area contributed by atoms with Crippen molar-refractivity contribution in [1.29, 1.82) is 0 Å². The van der Waals surface area contributed by atoms with E-state index in [1.54, 1.807) is 25.8 Å². The molecule has 2 amide bonds. The van der Waals surface area contributed by atoms with Crippen molar-refractivity contribution in [2.75, 3.05) is 26.0 Å². The van der Waals surface area contributed by atoms with Crippen LogP contribution in [0.4, 0.5) is 4.79 Å². The second-order valence-corrected chi connectivity index (χ2v) is 12.5. The molecule has 4 aromatic carbocycles. The number of rotatable bonds is 13. The van der Waals surface area contributed by atoms with Gasteiger partial charge in [-0.15, -0.1) is 11.8 Å². The number of aliphatic hydroxyl groups is 1. The Balaban J connectivity index is 1.32. The summed E-state index contributed by atoms with van der Waals surface area (Å²) in [6.45, 7) is 4.20. The van der Waals surface area contributed by atoms with Gasteiger partial charge in [-0.25, -0.2) is 4.79 Å². The number of para-hydroxylation sites is 1. The number of ether oxygens (including phenoxy) is 4. The van der Waals surface area contributed by atoms with Crippen molar-refractivity contribution in [1.82, 2.24) is 10.6 Å². The Morgan fingerprint density at radius 3 is 2.31 bits per heavy atom. The van der Waals surface area contributed by atoms with Gasteiger partial charge < -0.3 is 34.7 Å². The van der Waals surface area contributed by atoms with Crippen molar-refractivity contribution < 1.29 is 33.6 Å². The standard InChI is InChI=1S/C38H42N2O7S/c1-4-45-35(42)22-40-38(43)39-21-30-9-5-6-10-31(30)27-17-19-29(20-18-27)37-46-33(24-48-34-12-8-7-11-32(34)44-3)25(2)36(47-37)28-15-13-26(23-41)14-16-28/h5-20,25,33,36-37,41H,4,21-24H2,1-3H3,(H2,39,40,43)/t25-,33+,36+,37+/m0/s1. The van der Waals surface area contributed by atoms with Gasteiger partial charge in [-0.05, 0) is 46.9 Å². The number of benzene rings is 4. The fraction of sp³-hybridized carbons (Fsp3) is 0.316. The molecule has 1 saturated heterocycles. The number of amides is 2. The van der Waals surface area contributed by atoms with E-state index in [1.165, 1.54) is 0 Å². The van der Waals surface area contributed by atoms with Crippen molar-refractivity contribution >= 4 is 23.8 Å². The van der Waals surface area contributed by atoms with Gasteiger partial charge in [0.1, 0.15) is 12.3 Å². The summed E-state index contributed by atoms with van der Waals surface area (Å²) in [5.74, 6) is 1.11. The maximum absolute atomic E-state index is 12.3. The van der Waals surface area contributed by atoms with Crippen LogP contribution in [0.15, 0.2) is 102 Å². The van der Waals surface area contributed by atoms with Gasteiger partial charge in [0.15, 0.2) is 6.29 Å². The van der Waals surface area contributed by atoms with Crippen LogP contribution in [-0.2, 0) is 32.2 Å². The predicted molar refractivity (Wildman–Crippen MR) is 185 cm³/mol. The summed E-state index contributed by atoms with van der Waals surface area (Å²) in [6.07, 6.45) is -0.940. The fourth-order valence-electron chi connectivity index (χ4n) is 5.60. The van der Waals surface area contributed by atoms with Crippen molar-refractivity contribution in [3.8, 4) is 16.9 Å². The first-order valence-electron chi connectivity index (χ1n) is 16.0. The molecule has 0 unspecified atom stereocenters. The van der Waals surface area contributed by atoms with Gasteiger partial charge in [0.25, 0.3) is 0 Å². The number of methoxy groups -OCH3 is 1. The van der Waals surface area contributed by atoms with E-state index in [2.05, 4.69) is 23.6 Å². The molecule has 5 rings (SSSR count). The van der Waals surface area contributed by atoms with Gasteiger partial charge in [0, 0.05) is 28.7 Å². The third-order valence-electron chi connectivity index (χ3n) is 8.24. The minimum absolute atomic E-state index is 0.0144. The van der Waals surface area contributed by atoms with Crippen molar-refractivity contribution in [3.63, 3.8) is 0 Å². The van der Waals surface area contributed by atoms with E-state index in [-0.39, 0.29) is 44.4 Å². The summed E-state index contributed by atoms with van der Waals surface area (Å²) in [6, 6.07) is 31.4. The first-order chi connectivity index (χ1) is 23.4. The highest BCUT2D eigenvalue weighted by Gasteiger charge is 2.38. The zero-order chi connectivity index (χ0) is 33.9. The van der Waals surface area contributed by atoms with E-state index in [0.29, 0.717) is 5.75 Å². The normalized spacial score (nSPS) is 18.9. The molecule has 0 aliphatic carbocycles. The third-order valence-corrected chi connectivity index (χ3v) is 9.39. The van der Waals surface area contributed by atoms with Crippen LogP contribution < -0.4 is 15.4 Å². The first-order valence-corrected chi connectivity index (χ1v) is 17.0. The van der Waals surface area contributed by atoms with Gasteiger partial charge in [-0.1, -0.05) is 91.9 Å². The lowest BCUT2D eigenvalue weighted by atomic mass is 9.91. The van der Waals surface area contributed by atoms with Crippen molar-refractivity contribution in [3.05, 3.63) is 119 Å². The quantitative estimate of drug-likeness (QED) is 0.105. The Labute approximate surface area is 286 Å². The number of carbonyl (C=O) groups is 2. The Morgan fingerprint density at radius 2 is 1.58 bits per heavy atom. The maximum atomic E-state index is 12.3. The number of urea groups is 1. The van der Waals surface area contributed by atoms with E-state index in [1.807, 2.05) is 91.0 Å². The Bertz CT molecular complexity index is 1650. The van der Waals surface area contributed by atoms with Crippen molar-refractivity contribution in [2.24, 2.45) is 5.92 Å². The lowest BCUT2D eigenvalue weighted by Gasteiger charge is -2.41.